The number of nitrogens with two attached hydrogens (primary N) is 1. The van der Waals surface area contributed by atoms with Gasteiger partial charge in [-0.1, -0.05) is 12.1 Å². The molecule has 0 bridgehead atoms. The molecule has 0 aromatic heterocycles. The topological polar surface area (TPSA) is 72.6 Å². The van der Waals surface area contributed by atoms with E-state index < -0.39 is 5.91 Å². The van der Waals surface area contributed by atoms with Crippen LogP contribution in [0.15, 0.2) is 48.5 Å². The highest BCUT2D eigenvalue weighted by Gasteiger charge is 2.23. The molecule has 0 atom stereocenters. The summed E-state index contributed by atoms with van der Waals surface area (Å²) in [6.45, 7) is 1.52. The summed E-state index contributed by atoms with van der Waals surface area (Å²) in [5.74, 6) is 0.994. The lowest BCUT2D eigenvalue weighted by atomic mass is 9.90. The Bertz CT molecular complexity index is 761. The molecule has 1 heterocycles. The van der Waals surface area contributed by atoms with Crippen LogP contribution in [0.3, 0.4) is 0 Å². The lowest BCUT2D eigenvalue weighted by Gasteiger charge is -2.32. The van der Waals surface area contributed by atoms with E-state index in [1.54, 1.807) is 31.4 Å². The number of hydrogen-bond acceptors (Lipinski definition) is 3. The second-order valence-electron chi connectivity index (χ2n) is 6.73. The molecule has 5 nitrogen and oxygen atoms in total. The van der Waals surface area contributed by atoms with Gasteiger partial charge in [-0.2, -0.15) is 0 Å². The number of amides is 2. The van der Waals surface area contributed by atoms with Crippen molar-refractivity contribution in [1.29, 1.82) is 0 Å². The van der Waals surface area contributed by atoms with Gasteiger partial charge in [0.05, 0.1) is 7.11 Å². The minimum absolute atomic E-state index is 0.0175. The van der Waals surface area contributed by atoms with Crippen LogP contribution >= 0.6 is 0 Å². The standard InChI is InChI=1S/C21H24N2O3/c1-26-19-8-2-15(3-9-19)14-16-10-12-23(13-11-16)21(25)18-6-4-17(5-7-18)20(22)24/h2-9,16H,10-14H2,1H3,(H2,22,24). The van der Waals surface area contributed by atoms with E-state index in [1.807, 2.05) is 17.0 Å². The first kappa shape index (κ1) is 18.0. The Morgan fingerprint density at radius 1 is 1.00 bits per heavy atom. The van der Waals surface area contributed by atoms with Crippen LogP contribution in [0.4, 0.5) is 0 Å². The predicted molar refractivity (Wildman–Crippen MR) is 100 cm³/mol. The zero-order valence-electron chi connectivity index (χ0n) is 15.0. The molecule has 2 aromatic carbocycles. The van der Waals surface area contributed by atoms with E-state index in [1.165, 1.54) is 5.56 Å². The third kappa shape index (κ3) is 4.23. The molecule has 2 N–H and O–H groups in total. The molecule has 0 spiro atoms. The Balaban J connectivity index is 1.53. The van der Waals surface area contributed by atoms with Crippen molar-refractivity contribution in [2.75, 3.05) is 20.2 Å². The summed E-state index contributed by atoms with van der Waals surface area (Å²) < 4.78 is 5.19. The Morgan fingerprint density at radius 2 is 1.58 bits per heavy atom. The van der Waals surface area contributed by atoms with E-state index >= 15 is 0 Å². The van der Waals surface area contributed by atoms with Crippen molar-refractivity contribution in [3.63, 3.8) is 0 Å². The van der Waals surface area contributed by atoms with Crippen LogP contribution in [0.5, 0.6) is 5.75 Å². The Labute approximate surface area is 153 Å². The molecule has 3 rings (SSSR count). The minimum atomic E-state index is -0.483. The Kier molecular flexibility index (Phi) is 5.56. The van der Waals surface area contributed by atoms with Crippen LogP contribution in [0.25, 0.3) is 0 Å². The maximum absolute atomic E-state index is 12.6. The van der Waals surface area contributed by atoms with Crippen LogP contribution in [0.2, 0.25) is 0 Å². The molecule has 136 valence electrons. The predicted octanol–water partition coefficient (Wildman–Crippen LogP) is 2.89. The van der Waals surface area contributed by atoms with Gasteiger partial charge in [-0.15, -0.1) is 0 Å². The van der Waals surface area contributed by atoms with Crippen LogP contribution in [0.1, 0.15) is 39.1 Å². The molecule has 1 aliphatic heterocycles. The molecule has 26 heavy (non-hydrogen) atoms. The van der Waals surface area contributed by atoms with Gasteiger partial charge in [0.15, 0.2) is 0 Å². The molecule has 2 aromatic rings. The molecule has 0 aliphatic carbocycles. The smallest absolute Gasteiger partial charge is 0.253 e. The molecule has 1 saturated heterocycles. The minimum Gasteiger partial charge on any atom is -0.497 e. The summed E-state index contributed by atoms with van der Waals surface area (Å²) in [7, 11) is 1.67. The fourth-order valence-electron chi connectivity index (χ4n) is 3.39. The second-order valence-corrected chi connectivity index (χ2v) is 6.73. The molecule has 2 amide bonds. The average Bonchev–Trinajstić information content (AvgIpc) is 2.69. The molecule has 5 heteroatoms. The van der Waals surface area contributed by atoms with Gasteiger partial charge in [-0.05, 0) is 67.1 Å². The van der Waals surface area contributed by atoms with Crippen molar-refractivity contribution >= 4 is 11.8 Å². The van der Waals surface area contributed by atoms with Crippen LogP contribution in [-0.4, -0.2) is 36.9 Å². The molecular formula is C21H24N2O3. The molecule has 1 aliphatic rings. The first-order valence-corrected chi connectivity index (χ1v) is 8.89. The van der Waals surface area contributed by atoms with E-state index in [2.05, 4.69) is 12.1 Å². The van der Waals surface area contributed by atoms with E-state index in [0.717, 1.165) is 38.1 Å². The Morgan fingerprint density at radius 3 is 2.12 bits per heavy atom. The SMILES string of the molecule is COc1ccc(CC2CCN(C(=O)c3ccc(C(N)=O)cc3)CC2)cc1. The van der Waals surface area contributed by atoms with Gasteiger partial charge in [0, 0.05) is 24.2 Å². The van der Waals surface area contributed by atoms with Crippen LogP contribution < -0.4 is 10.5 Å². The lowest BCUT2D eigenvalue weighted by molar-refractivity contribution is 0.0690. The van der Waals surface area contributed by atoms with Crippen molar-refractivity contribution < 1.29 is 14.3 Å². The summed E-state index contributed by atoms with van der Waals surface area (Å²) in [5, 5.41) is 0. The molecule has 1 fully saturated rings. The Hall–Kier alpha value is -2.82. The van der Waals surface area contributed by atoms with Gasteiger partial charge in [-0.3, -0.25) is 9.59 Å². The summed E-state index contributed by atoms with van der Waals surface area (Å²) in [6.07, 6.45) is 3.02. The third-order valence-electron chi connectivity index (χ3n) is 5.00. The average molecular weight is 352 g/mol. The van der Waals surface area contributed by atoms with Crippen LogP contribution in [0, 0.1) is 5.92 Å². The number of rotatable bonds is 5. The number of nitrogens with zero attached hydrogens (tertiary/aromatic N) is 1. The number of methoxy groups -OCH3 is 1. The molecule has 0 unspecified atom stereocenters. The van der Waals surface area contributed by atoms with Gasteiger partial charge >= 0.3 is 0 Å². The van der Waals surface area contributed by atoms with Crippen molar-refractivity contribution in [2.24, 2.45) is 11.7 Å². The van der Waals surface area contributed by atoms with Gasteiger partial charge in [-0.25, -0.2) is 0 Å². The monoisotopic (exact) mass is 352 g/mol. The number of piperidine rings is 1. The van der Waals surface area contributed by atoms with Gasteiger partial charge in [0.1, 0.15) is 5.75 Å². The number of carbonyl (C=O) groups excluding carboxylic acids is 2. The first-order valence-electron chi connectivity index (χ1n) is 8.89. The van der Waals surface area contributed by atoms with E-state index in [-0.39, 0.29) is 5.91 Å². The van der Waals surface area contributed by atoms with Gasteiger partial charge in [0.25, 0.3) is 5.91 Å². The first-order chi connectivity index (χ1) is 12.6. The molecule has 0 saturated carbocycles. The largest absolute Gasteiger partial charge is 0.497 e. The molecular weight excluding hydrogens is 328 g/mol. The third-order valence-corrected chi connectivity index (χ3v) is 5.00. The van der Waals surface area contributed by atoms with Gasteiger partial charge in [0.2, 0.25) is 5.91 Å². The van der Waals surface area contributed by atoms with Crippen molar-refractivity contribution in [2.45, 2.75) is 19.3 Å². The lowest BCUT2D eigenvalue weighted by Crippen LogP contribution is -2.38. The highest BCUT2D eigenvalue weighted by molar-refractivity contribution is 5.97. The van der Waals surface area contributed by atoms with Crippen molar-refractivity contribution in [1.82, 2.24) is 4.90 Å². The zero-order valence-corrected chi connectivity index (χ0v) is 15.0. The summed E-state index contributed by atoms with van der Waals surface area (Å²) in [4.78, 5) is 25.6. The fourth-order valence-corrected chi connectivity index (χ4v) is 3.39. The maximum Gasteiger partial charge on any atom is 0.253 e. The van der Waals surface area contributed by atoms with Crippen molar-refractivity contribution in [3.05, 3.63) is 65.2 Å². The van der Waals surface area contributed by atoms with Gasteiger partial charge < -0.3 is 15.4 Å². The summed E-state index contributed by atoms with van der Waals surface area (Å²) in [5.41, 5.74) is 7.56. The summed E-state index contributed by atoms with van der Waals surface area (Å²) in [6, 6.07) is 14.7. The van der Waals surface area contributed by atoms with E-state index in [4.69, 9.17) is 10.5 Å². The quantitative estimate of drug-likeness (QED) is 0.899. The number of carbonyl (C=O) groups is 2. The number of benzene rings is 2. The van der Waals surface area contributed by atoms with Crippen molar-refractivity contribution in [3.8, 4) is 5.75 Å². The van der Waals surface area contributed by atoms with Crippen LogP contribution in [-0.2, 0) is 6.42 Å². The normalized spacial score (nSPS) is 14.9. The maximum atomic E-state index is 12.6. The van der Waals surface area contributed by atoms with E-state index in [0.29, 0.717) is 17.0 Å². The number of likely N-dealkylation sites (tertiary alicyclic amines) is 1. The van der Waals surface area contributed by atoms with E-state index in [9.17, 15) is 9.59 Å². The highest BCUT2D eigenvalue weighted by atomic mass is 16.5. The molecule has 0 radical (unpaired) electrons. The highest BCUT2D eigenvalue weighted by Crippen LogP contribution is 2.24. The number of ether oxygens (including phenoxy) is 1. The number of primary amides is 1. The zero-order chi connectivity index (χ0) is 18.5. The summed E-state index contributed by atoms with van der Waals surface area (Å²) >= 11 is 0. The second kappa shape index (κ2) is 8.04. The number of hydrogen-bond donors (Lipinski definition) is 1. The fraction of sp³-hybridized carbons (Fsp3) is 0.333.